The number of hydrogen-bond donors (Lipinski definition) is 1. The number of anilines is 3. The maximum Gasteiger partial charge on any atom is 0.246 e. The minimum atomic E-state index is -0.0491. The van der Waals surface area contributed by atoms with E-state index in [-0.39, 0.29) is 11.9 Å². The number of carbonyl (C=O) groups excluding carboxylic acids is 1. The van der Waals surface area contributed by atoms with Crippen LogP contribution in [-0.2, 0) is 4.79 Å². The third-order valence-electron chi connectivity index (χ3n) is 7.34. The van der Waals surface area contributed by atoms with Crippen molar-refractivity contribution < 1.29 is 14.3 Å². The molecular formula is C29H26N8O3. The van der Waals surface area contributed by atoms with Crippen molar-refractivity contribution in [3.63, 3.8) is 0 Å². The number of aryl methyl sites for hydroxylation is 1. The molecule has 1 amide bonds. The predicted molar refractivity (Wildman–Crippen MR) is 150 cm³/mol. The van der Waals surface area contributed by atoms with Gasteiger partial charge in [-0.3, -0.25) is 4.79 Å². The van der Waals surface area contributed by atoms with Gasteiger partial charge in [-0.1, -0.05) is 6.58 Å². The molecule has 0 saturated carbocycles. The summed E-state index contributed by atoms with van der Waals surface area (Å²) in [5.41, 5.74) is 4.33. The Bertz CT molecular complexity index is 1780. The van der Waals surface area contributed by atoms with Gasteiger partial charge in [0.25, 0.3) is 0 Å². The van der Waals surface area contributed by atoms with E-state index in [0.29, 0.717) is 37.8 Å². The van der Waals surface area contributed by atoms with Gasteiger partial charge in [-0.05, 0) is 48.9 Å². The SMILES string of the molecule is C=CC(=O)N1CCN2c3cc4c(Nc5ccc(Oc6ccn7ncnc7c6)c(C)c5)ncnc4cc3OC[C@H]2C1. The lowest BCUT2D eigenvalue weighted by Gasteiger charge is -2.45. The van der Waals surface area contributed by atoms with Crippen molar-refractivity contribution in [1.29, 1.82) is 0 Å². The molecule has 1 N–H and O–H groups in total. The van der Waals surface area contributed by atoms with E-state index < -0.39 is 0 Å². The molecule has 200 valence electrons. The van der Waals surface area contributed by atoms with Crippen LogP contribution in [0.4, 0.5) is 17.2 Å². The lowest BCUT2D eigenvalue weighted by atomic mass is 10.1. The van der Waals surface area contributed by atoms with Gasteiger partial charge in [0.15, 0.2) is 5.65 Å². The number of amides is 1. The summed E-state index contributed by atoms with van der Waals surface area (Å²) in [6, 6.07) is 13.7. The Kier molecular flexibility index (Phi) is 5.69. The summed E-state index contributed by atoms with van der Waals surface area (Å²) in [6.45, 7) is 8.08. The number of piperazine rings is 1. The van der Waals surface area contributed by atoms with Crippen LogP contribution in [0, 0.1) is 6.92 Å². The molecule has 5 heterocycles. The summed E-state index contributed by atoms with van der Waals surface area (Å²) >= 11 is 0. The Morgan fingerprint density at radius 2 is 2.05 bits per heavy atom. The van der Waals surface area contributed by atoms with Gasteiger partial charge in [0.2, 0.25) is 5.91 Å². The lowest BCUT2D eigenvalue weighted by Crippen LogP contribution is -2.58. The zero-order chi connectivity index (χ0) is 27.2. The number of aromatic nitrogens is 5. The van der Waals surface area contributed by atoms with E-state index in [2.05, 4.69) is 42.9 Å². The topological polar surface area (TPSA) is 110 Å². The van der Waals surface area contributed by atoms with Crippen molar-refractivity contribution in [3.8, 4) is 17.2 Å². The molecule has 0 unspecified atom stereocenters. The average molecular weight is 535 g/mol. The van der Waals surface area contributed by atoms with E-state index in [1.165, 1.54) is 12.4 Å². The second-order valence-electron chi connectivity index (χ2n) is 9.84. The maximum atomic E-state index is 12.2. The van der Waals surface area contributed by atoms with Crippen LogP contribution in [-0.4, -0.2) is 67.7 Å². The van der Waals surface area contributed by atoms with Gasteiger partial charge in [0.05, 0.1) is 17.2 Å². The van der Waals surface area contributed by atoms with Crippen molar-refractivity contribution in [2.24, 2.45) is 0 Å². The maximum absolute atomic E-state index is 12.2. The van der Waals surface area contributed by atoms with E-state index in [9.17, 15) is 4.79 Å². The molecule has 2 aromatic carbocycles. The summed E-state index contributed by atoms with van der Waals surface area (Å²) in [5.74, 6) is 2.87. The Morgan fingerprint density at radius 3 is 2.92 bits per heavy atom. The number of carbonyl (C=O) groups is 1. The number of nitrogens with one attached hydrogen (secondary N) is 1. The van der Waals surface area contributed by atoms with Gasteiger partial charge in [0.1, 0.15) is 42.3 Å². The van der Waals surface area contributed by atoms with Crippen LogP contribution in [0.3, 0.4) is 0 Å². The molecule has 1 fully saturated rings. The lowest BCUT2D eigenvalue weighted by molar-refractivity contribution is -0.127. The van der Waals surface area contributed by atoms with Crippen molar-refractivity contribution in [2.75, 3.05) is 36.5 Å². The van der Waals surface area contributed by atoms with E-state index in [1.807, 2.05) is 54.4 Å². The molecular weight excluding hydrogens is 508 g/mol. The van der Waals surface area contributed by atoms with Gasteiger partial charge in [-0.2, -0.15) is 5.10 Å². The quantitative estimate of drug-likeness (QED) is 0.333. The zero-order valence-corrected chi connectivity index (χ0v) is 21.8. The molecule has 40 heavy (non-hydrogen) atoms. The largest absolute Gasteiger partial charge is 0.489 e. The number of fused-ring (bicyclic) bond motifs is 5. The molecule has 0 radical (unpaired) electrons. The second kappa shape index (κ2) is 9.53. The molecule has 1 atom stereocenters. The first-order valence-corrected chi connectivity index (χ1v) is 13.0. The molecule has 3 aromatic heterocycles. The summed E-state index contributed by atoms with van der Waals surface area (Å²) in [5, 5.41) is 8.46. The van der Waals surface area contributed by atoms with Crippen LogP contribution in [0.5, 0.6) is 17.2 Å². The number of nitrogens with zero attached hydrogens (tertiary/aromatic N) is 7. The Hall–Kier alpha value is -5.19. The van der Waals surface area contributed by atoms with Crippen LogP contribution in [0.15, 0.2) is 74.0 Å². The molecule has 0 spiro atoms. The van der Waals surface area contributed by atoms with Crippen LogP contribution in [0.25, 0.3) is 16.6 Å². The number of rotatable bonds is 5. The summed E-state index contributed by atoms with van der Waals surface area (Å²) in [7, 11) is 0. The van der Waals surface area contributed by atoms with Crippen molar-refractivity contribution in [2.45, 2.75) is 13.0 Å². The van der Waals surface area contributed by atoms with E-state index in [0.717, 1.165) is 45.0 Å². The number of pyridine rings is 1. The fourth-order valence-electron chi connectivity index (χ4n) is 5.31. The number of ether oxygens (including phenoxy) is 2. The molecule has 1 saturated heterocycles. The number of hydrogen-bond acceptors (Lipinski definition) is 9. The van der Waals surface area contributed by atoms with Crippen LogP contribution in [0.2, 0.25) is 0 Å². The van der Waals surface area contributed by atoms with Gasteiger partial charge in [-0.25, -0.2) is 19.5 Å². The van der Waals surface area contributed by atoms with Crippen LogP contribution < -0.4 is 19.7 Å². The summed E-state index contributed by atoms with van der Waals surface area (Å²) < 4.78 is 13.9. The second-order valence-corrected chi connectivity index (χ2v) is 9.84. The molecule has 2 aliphatic rings. The smallest absolute Gasteiger partial charge is 0.246 e. The monoisotopic (exact) mass is 534 g/mol. The van der Waals surface area contributed by atoms with Crippen LogP contribution >= 0.6 is 0 Å². The third-order valence-corrected chi connectivity index (χ3v) is 7.34. The number of benzene rings is 2. The summed E-state index contributed by atoms with van der Waals surface area (Å²) in [4.78, 5) is 29.6. The highest BCUT2D eigenvalue weighted by Gasteiger charge is 2.34. The van der Waals surface area contributed by atoms with Crippen LogP contribution in [0.1, 0.15) is 5.56 Å². The average Bonchev–Trinajstić information content (AvgIpc) is 3.45. The van der Waals surface area contributed by atoms with E-state index >= 15 is 0 Å². The van der Waals surface area contributed by atoms with Gasteiger partial charge < -0.3 is 24.6 Å². The Labute approximate surface area is 229 Å². The molecule has 0 bridgehead atoms. The Balaban J connectivity index is 1.15. The first-order chi connectivity index (χ1) is 19.6. The van der Waals surface area contributed by atoms with Gasteiger partial charge in [0, 0.05) is 49.0 Å². The normalized spacial score (nSPS) is 16.3. The highest BCUT2D eigenvalue weighted by atomic mass is 16.5. The molecule has 0 aliphatic carbocycles. The standard InChI is InChI=1S/C29H26N8O3/c1-3-28(38)35-8-9-36-20(14-35)15-39-26-13-23-22(12-24(26)36)29(32-16-30-23)34-19-4-5-25(18(2)10-19)40-21-6-7-37-27(11-21)31-17-33-37/h3-7,10-13,16-17,20H,1,8-9,14-15H2,2H3,(H,30,32,34)/t20-/m1/s1. The van der Waals surface area contributed by atoms with E-state index in [4.69, 9.17) is 9.47 Å². The molecule has 2 aliphatic heterocycles. The molecule has 11 nitrogen and oxygen atoms in total. The highest BCUT2D eigenvalue weighted by molar-refractivity contribution is 5.95. The summed E-state index contributed by atoms with van der Waals surface area (Å²) in [6.07, 6.45) is 6.24. The highest BCUT2D eigenvalue weighted by Crippen LogP contribution is 2.40. The van der Waals surface area contributed by atoms with Gasteiger partial charge in [-0.15, -0.1) is 0 Å². The fourth-order valence-corrected chi connectivity index (χ4v) is 5.31. The van der Waals surface area contributed by atoms with Gasteiger partial charge >= 0.3 is 0 Å². The minimum Gasteiger partial charge on any atom is -0.489 e. The third kappa shape index (κ3) is 4.21. The minimum absolute atomic E-state index is 0.0491. The zero-order valence-electron chi connectivity index (χ0n) is 21.8. The van der Waals surface area contributed by atoms with Crippen molar-refractivity contribution in [1.82, 2.24) is 29.5 Å². The molecule has 5 aromatic rings. The van der Waals surface area contributed by atoms with Crippen molar-refractivity contribution in [3.05, 3.63) is 79.5 Å². The molecule has 11 heteroatoms. The Morgan fingerprint density at radius 1 is 1.12 bits per heavy atom. The molecule has 7 rings (SSSR count). The predicted octanol–water partition coefficient (Wildman–Crippen LogP) is 4.11. The first kappa shape index (κ1) is 23.9. The fraction of sp³-hybridized carbons (Fsp3) is 0.207. The first-order valence-electron chi connectivity index (χ1n) is 13.0. The van der Waals surface area contributed by atoms with E-state index in [1.54, 1.807) is 10.8 Å². The van der Waals surface area contributed by atoms with Crippen molar-refractivity contribution >= 4 is 39.6 Å².